The van der Waals surface area contributed by atoms with E-state index in [9.17, 15) is 0 Å². The Hall–Kier alpha value is -0.120. The number of rotatable bonds is 1. The van der Waals surface area contributed by atoms with Crippen molar-refractivity contribution in [1.29, 1.82) is 0 Å². The van der Waals surface area contributed by atoms with Crippen molar-refractivity contribution in [2.24, 2.45) is 0 Å². The van der Waals surface area contributed by atoms with Crippen LogP contribution in [0.15, 0.2) is 0 Å². The normalized spacial score (nSPS) is 19.2. The van der Waals surface area contributed by atoms with Crippen LogP contribution >= 0.6 is 22.9 Å². The van der Waals surface area contributed by atoms with Gasteiger partial charge in [0.15, 0.2) is 0 Å². The topological polar surface area (TPSA) is 24.9 Å². The Kier molecular flexibility index (Phi) is 2.86. The van der Waals surface area contributed by atoms with Crippen molar-refractivity contribution < 1.29 is 0 Å². The molecule has 1 saturated heterocycles. The Morgan fingerprint density at radius 2 is 2.15 bits per heavy atom. The first kappa shape index (κ1) is 9.44. The zero-order chi connectivity index (χ0) is 9.26. The summed E-state index contributed by atoms with van der Waals surface area (Å²) >= 11 is 7.64. The minimum absolute atomic E-state index is 0.637. The van der Waals surface area contributed by atoms with Gasteiger partial charge in [0.05, 0.1) is 10.7 Å². The fourth-order valence-electron chi connectivity index (χ4n) is 1.64. The van der Waals surface area contributed by atoms with E-state index in [1.54, 1.807) is 11.3 Å². The van der Waals surface area contributed by atoms with Gasteiger partial charge in [-0.15, -0.1) is 11.3 Å². The third kappa shape index (κ3) is 2.03. The standard InChI is InChI=1S/C9H13ClN2S/c1-6-8(10)13-9(12-6)7-2-4-11-5-3-7/h7,11H,2-5H2,1H3. The van der Waals surface area contributed by atoms with Gasteiger partial charge >= 0.3 is 0 Å². The van der Waals surface area contributed by atoms with Crippen molar-refractivity contribution in [3.05, 3.63) is 15.0 Å². The number of aryl methyl sites for hydroxylation is 1. The quantitative estimate of drug-likeness (QED) is 0.781. The molecule has 2 nitrogen and oxygen atoms in total. The van der Waals surface area contributed by atoms with Crippen LogP contribution in [0.1, 0.15) is 29.5 Å². The van der Waals surface area contributed by atoms with Crippen molar-refractivity contribution in [3.63, 3.8) is 0 Å². The monoisotopic (exact) mass is 216 g/mol. The molecule has 0 saturated carbocycles. The van der Waals surface area contributed by atoms with E-state index in [0.29, 0.717) is 5.92 Å². The Bertz CT molecular complexity index is 272. The molecule has 2 rings (SSSR count). The van der Waals surface area contributed by atoms with Gasteiger partial charge in [0.25, 0.3) is 0 Å². The summed E-state index contributed by atoms with van der Waals surface area (Å²) in [5, 5.41) is 4.58. The lowest BCUT2D eigenvalue weighted by Gasteiger charge is -2.20. The highest BCUT2D eigenvalue weighted by molar-refractivity contribution is 7.16. The van der Waals surface area contributed by atoms with Gasteiger partial charge in [-0.1, -0.05) is 11.6 Å². The van der Waals surface area contributed by atoms with E-state index in [-0.39, 0.29) is 0 Å². The zero-order valence-electron chi connectivity index (χ0n) is 7.64. The second-order valence-electron chi connectivity index (χ2n) is 3.44. The lowest BCUT2D eigenvalue weighted by atomic mass is 9.99. The third-order valence-electron chi connectivity index (χ3n) is 2.44. The molecule has 1 aliphatic heterocycles. The minimum atomic E-state index is 0.637. The number of halogens is 1. The number of thiazole rings is 1. The fraction of sp³-hybridized carbons (Fsp3) is 0.667. The second kappa shape index (κ2) is 3.95. The molecule has 0 unspecified atom stereocenters. The number of aromatic nitrogens is 1. The van der Waals surface area contributed by atoms with Crippen LogP contribution in [0.25, 0.3) is 0 Å². The lowest BCUT2D eigenvalue weighted by molar-refractivity contribution is 0.459. The van der Waals surface area contributed by atoms with Gasteiger partial charge < -0.3 is 5.32 Å². The molecule has 0 radical (unpaired) electrons. The van der Waals surface area contributed by atoms with E-state index in [2.05, 4.69) is 10.3 Å². The zero-order valence-corrected chi connectivity index (χ0v) is 9.21. The highest BCUT2D eigenvalue weighted by Crippen LogP contribution is 2.32. The van der Waals surface area contributed by atoms with Crippen LogP contribution in [-0.4, -0.2) is 18.1 Å². The molecular weight excluding hydrogens is 204 g/mol. The van der Waals surface area contributed by atoms with Gasteiger partial charge in [-0.3, -0.25) is 0 Å². The van der Waals surface area contributed by atoms with Gasteiger partial charge in [-0.2, -0.15) is 0 Å². The van der Waals surface area contributed by atoms with Crippen molar-refractivity contribution in [2.45, 2.75) is 25.7 Å². The van der Waals surface area contributed by atoms with Crippen LogP contribution in [0.4, 0.5) is 0 Å². The maximum atomic E-state index is 5.99. The van der Waals surface area contributed by atoms with Gasteiger partial charge in [0.1, 0.15) is 4.34 Å². The highest BCUT2D eigenvalue weighted by atomic mass is 35.5. The molecule has 2 heterocycles. The molecule has 1 aliphatic rings. The predicted molar refractivity (Wildman–Crippen MR) is 56.7 cm³/mol. The summed E-state index contributed by atoms with van der Waals surface area (Å²) in [5.41, 5.74) is 0.986. The summed E-state index contributed by atoms with van der Waals surface area (Å²) in [6.45, 7) is 4.20. The SMILES string of the molecule is Cc1nc(C2CCNCC2)sc1Cl. The number of nitrogens with one attached hydrogen (secondary N) is 1. The van der Waals surface area contributed by atoms with Gasteiger partial charge in [-0.05, 0) is 32.9 Å². The van der Waals surface area contributed by atoms with Crippen LogP contribution in [0, 0.1) is 6.92 Å². The molecule has 72 valence electrons. The molecule has 1 N–H and O–H groups in total. The first-order chi connectivity index (χ1) is 6.27. The molecule has 1 aromatic rings. The van der Waals surface area contributed by atoms with Crippen LogP contribution in [-0.2, 0) is 0 Å². The Morgan fingerprint density at radius 3 is 2.69 bits per heavy atom. The third-order valence-corrected chi connectivity index (χ3v) is 4.06. The summed E-state index contributed by atoms with van der Waals surface area (Å²) < 4.78 is 0.855. The Labute approximate surface area is 87.3 Å². The van der Waals surface area contributed by atoms with E-state index >= 15 is 0 Å². The Morgan fingerprint density at radius 1 is 1.46 bits per heavy atom. The largest absolute Gasteiger partial charge is 0.317 e. The van der Waals surface area contributed by atoms with Crippen molar-refractivity contribution in [2.75, 3.05) is 13.1 Å². The average molecular weight is 217 g/mol. The first-order valence-electron chi connectivity index (χ1n) is 4.61. The molecule has 0 aliphatic carbocycles. The maximum absolute atomic E-state index is 5.99. The first-order valence-corrected chi connectivity index (χ1v) is 5.80. The number of piperidine rings is 1. The number of hydrogen-bond acceptors (Lipinski definition) is 3. The van der Waals surface area contributed by atoms with Crippen molar-refractivity contribution >= 4 is 22.9 Å². The fourth-order valence-corrected chi connectivity index (χ4v) is 2.88. The maximum Gasteiger partial charge on any atom is 0.116 e. The molecule has 1 fully saturated rings. The van der Waals surface area contributed by atoms with Crippen LogP contribution in [0.3, 0.4) is 0 Å². The molecular formula is C9H13ClN2S. The molecule has 0 aromatic carbocycles. The van der Waals surface area contributed by atoms with Crippen molar-refractivity contribution in [3.8, 4) is 0 Å². The summed E-state index contributed by atoms with van der Waals surface area (Å²) in [6.07, 6.45) is 2.40. The van der Waals surface area contributed by atoms with Gasteiger partial charge in [-0.25, -0.2) is 4.98 Å². The van der Waals surface area contributed by atoms with Crippen molar-refractivity contribution in [1.82, 2.24) is 10.3 Å². The van der Waals surface area contributed by atoms with E-state index in [1.807, 2.05) is 6.92 Å². The van der Waals surface area contributed by atoms with Crippen LogP contribution in [0.5, 0.6) is 0 Å². The summed E-state index contributed by atoms with van der Waals surface area (Å²) in [7, 11) is 0. The minimum Gasteiger partial charge on any atom is -0.317 e. The van der Waals surface area contributed by atoms with Gasteiger partial charge in [0.2, 0.25) is 0 Å². The number of nitrogens with zero attached hydrogens (tertiary/aromatic N) is 1. The number of hydrogen-bond donors (Lipinski definition) is 1. The lowest BCUT2D eigenvalue weighted by Crippen LogP contribution is -2.26. The smallest absolute Gasteiger partial charge is 0.116 e. The molecule has 13 heavy (non-hydrogen) atoms. The molecule has 0 spiro atoms. The predicted octanol–water partition coefficient (Wildman–Crippen LogP) is 2.57. The Balaban J connectivity index is 2.14. The van der Waals surface area contributed by atoms with Gasteiger partial charge in [0, 0.05) is 5.92 Å². The molecule has 1 aromatic heterocycles. The summed E-state index contributed by atoms with van der Waals surface area (Å²) in [5.74, 6) is 0.637. The van der Waals surface area contributed by atoms with E-state index in [0.717, 1.165) is 23.1 Å². The highest BCUT2D eigenvalue weighted by Gasteiger charge is 2.19. The molecule has 0 atom stereocenters. The van der Waals surface area contributed by atoms with E-state index < -0.39 is 0 Å². The van der Waals surface area contributed by atoms with Crippen LogP contribution in [0.2, 0.25) is 4.34 Å². The summed E-state index contributed by atoms with van der Waals surface area (Å²) in [4.78, 5) is 4.49. The van der Waals surface area contributed by atoms with E-state index in [1.165, 1.54) is 17.8 Å². The second-order valence-corrected chi connectivity index (χ2v) is 5.07. The molecule has 0 bridgehead atoms. The van der Waals surface area contributed by atoms with E-state index in [4.69, 9.17) is 11.6 Å². The average Bonchev–Trinajstić information content (AvgIpc) is 2.49. The summed E-state index contributed by atoms with van der Waals surface area (Å²) in [6, 6.07) is 0. The molecule has 0 amide bonds. The van der Waals surface area contributed by atoms with Crippen LogP contribution < -0.4 is 5.32 Å². The molecule has 4 heteroatoms.